The van der Waals surface area contributed by atoms with Gasteiger partial charge in [-0.05, 0) is 17.9 Å². The van der Waals surface area contributed by atoms with Crippen LogP contribution in [0.5, 0.6) is 0 Å². The van der Waals surface area contributed by atoms with Gasteiger partial charge in [-0.15, -0.1) is 0 Å². The Balaban J connectivity index is 1.40. The van der Waals surface area contributed by atoms with Crippen molar-refractivity contribution >= 4 is 17.3 Å². The van der Waals surface area contributed by atoms with Gasteiger partial charge < -0.3 is 13.8 Å². The van der Waals surface area contributed by atoms with Crippen molar-refractivity contribution in [1.29, 1.82) is 0 Å². The normalized spacial score (nSPS) is 11.7. The molecule has 0 saturated heterocycles. The number of carbonyl (C=O) groups is 1. The predicted molar refractivity (Wildman–Crippen MR) is 93.3 cm³/mol. The number of ether oxygens (including phenoxy) is 1. The van der Waals surface area contributed by atoms with Gasteiger partial charge in [0.15, 0.2) is 12.4 Å². The van der Waals surface area contributed by atoms with E-state index in [1.54, 1.807) is 11.3 Å². The minimum absolute atomic E-state index is 0.0370. The molecule has 0 spiro atoms. The van der Waals surface area contributed by atoms with E-state index in [4.69, 9.17) is 13.8 Å². The number of rotatable bonds is 7. The van der Waals surface area contributed by atoms with Crippen LogP contribution >= 0.6 is 11.3 Å². The second-order valence-corrected chi connectivity index (χ2v) is 7.58. The summed E-state index contributed by atoms with van der Waals surface area (Å²) in [6, 6.07) is 1.90. The zero-order valence-electron chi connectivity index (χ0n) is 14.9. The largest absolute Gasteiger partial charge is 0.456 e. The summed E-state index contributed by atoms with van der Waals surface area (Å²) >= 11 is 1.55. The zero-order chi connectivity index (χ0) is 18.6. The number of thiophene rings is 1. The lowest BCUT2D eigenvalue weighted by Crippen LogP contribution is -2.13. The van der Waals surface area contributed by atoms with Crippen LogP contribution in [0, 0.1) is 0 Å². The maximum Gasteiger partial charge on any atom is 0.306 e. The van der Waals surface area contributed by atoms with Crippen molar-refractivity contribution in [3.05, 3.63) is 34.4 Å². The van der Waals surface area contributed by atoms with Crippen molar-refractivity contribution in [2.45, 2.75) is 52.1 Å². The smallest absolute Gasteiger partial charge is 0.306 e. The number of carbonyl (C=O) groups excluding carboxylic acids is 1. The molecule has 0 unspecified atom stereocenters. The third kappa shape index (κ3) is 4.75. The number of hydrogen-bond donors (Lipinski definition) is 0. The van der Waals surface area contributed by atoms with Crippen LogP contribution in [-0.2, 0) is 28.0 Å². The molecule has 0 fully saturated rings. The summed E-state index contributed by atoms with van der Waals surface area (Å²) in [6.45, 7) is 6.01. The molecule has 3 heterocycles. The minimum Gasteiger partial charge on any atom is -0.456 e. The molecule has 0 radical (unpaired) electrons. The number of aryl methyl sites for hydroxylation is 1. The van der Waals surface area contributed by atoms with Crippen molar-refractivity contribution in [1.82, 2.24) is 20.3 Å². The first-order valence-electron chi connectivity index (χ1n) is 8.25. The zero-order valence-corrected chi connectivity index (χ0v) is 15.7. The van der Waals surface area contributed by atoms with E-state index in [0.29, 0.717) is 30.4 Å². The van der Waals surface area contributed by atoms with Gasteiger partial charge in [0.2, 0.25) is 11.7 Å². The fourth-order valence-electron chi connectivity index (χ4n) is 2.08. The van der Waals surface area contributed by atoms with Gasteiger partial charge in [0, 0.05) is 29.2 Å². The Morgan fingerprint density at radius 1 is 1.19 bits per heavy atom. The Labute approximate surface area is 154 Å². The highest BCUT2D eigenvalue weighted by Crippen LogP contribution is 2.20. The fraction of sp³-hybridized carbons (Fsp3) is 0.471. The van der Waals surface area contributed by atoms with Gasteiger partial charge in [0.25, 0.3) is 5.89 Å². The summed E-state index contributed by atoms with van der Waals surface area (Å²) in [4.78, 5) is 20.4. The molecular weight excluding hydrogens is 356 g/mol. The number of hydrogen-bond acceptors (Lipinski definition) is 9. The van der Waals surface area contributed by atoms with Gasteiger partial charge in [-0.2, -0.15) is 21.3 Å². The third-order valence-corrected chi connectivity index (χ3v) is 4.20. The quantitative estimate of drug-likeness (QED) is 0.577. The third-order valence-electron chi connectivity index (χ3n) is 3.51. The van der Waals surface area contributed by atoms with E-state index in [-0.39, 0.29) is 30.3 Å². The Morgan fingerprint density at radius 2 is 2.00 bits per heavy atom. The van der Waals surface area contributed by atoms with Gasteiger partial charge in [-0.3, -0.25) is 4.79 Å². The van der Waals surface area contributed by atoms with Gasteiger partial charge in [-0.1, -0.05) is 31.1 Å². The Bertz CT molecular complexity index is 848. The molecule has 3 rings (SSSR count). The monoisotopic (exact) mass is 376 g/mol. The average molecular weight is 376 g/mol. The standard InChI is InChI=1S/C17H20N4O4S/c1-17(2,3)16-19-12(24-21-16)5-4-6-14(22)23-9-13-18-15(20-25-13)11-7-8-26-10-11/h7-8,10H,4-6,9H2,1-3H3. The Kier molecular flexibility index (Phi) is 5.46. The van der Waals surface area contributed by atoms with E-state index in [9.17, 15) is 4.79 Å². The molecule has 0 aliphatic heterocycles. The van der Waals surface area contributed by atoms with Crippen molar-refractivity contribution in [3.63, 3.8) is 0 Å². The van der Waals surface area contributed by atoms with Crippen LogP contribution in [0.15, 0.2) is 25.9 Å². The lowest BCUT2D eigenvalue weighted by molar-refractivity contribution is -0.145. The summed E-state index contributed by atoms with van der Waals surface area (Å²) in [5, 5.41) is 11.7. The summed E-state index contributed by atoms with van der Waals surface area (Å²) in [6.07, 6.45) is 1.34. The molecule has 138 valence electrons. The Hall–Kier alpha value is -2.55. The molecule has 3 aromatic rings. The topological polar surface area (TPSA) is 104 Å². The van der Waals surface area contributed by atoms with Crippen molar-refractivity contribution in [3.8, 4) is 11.4 Å². The van der Waals surface area contributed by atoms with Crippen LogP contribution in [0.2, 0.25) is 0 Å². The first kappa shape index (κ1) is 18.2. The van der Waals surface area contributed by atoms with Crippen molar-refractivity contribution < 1.29 is 18.6 Å². The van der Waals surface area contributed by atoms with Crippen molar-refractivity contribution in [2.24, 2.45) is 0 Å². The molecule has 0 aromatic carbocycles. The molecule has 8 nitrogen and oxygen atoms in total. The van der Waals surface area contributed by atoms with E-state index in [1.165, 1.54) is 0 Å². The van der Waals surface area contributed by atoms with E-state index in [2.05, 4.69) is 20.3 Å². The fourth-order valence-corrected chi connectivity index (χ4v) is 2.72. The second-order valence-electron chi connectivity index (χ2n) is 6.80. The molecular formula is C17H20N4O4S. The highest BCUT2D eigenvalue weighted by atomic mass is 32.1. The van der Waals surface area contributed by atoms with Crippen LogP contribution in [0.1, 0.15) is 51.2 Å². The molecule has 3 aromatic heterocycles. The molecule has 26 heavy (non-hydrogen) atoms. The van der Waals surface area contributed by atoms with E-state index in [1.807, 2.05) is 37.6 Å². The summed E-state index contributed by atoms with van der Waals surface area (Å²) in [7, 11) is 0. The Morgan fingerprint density at radius 3 is 2.69 bits per heavy atom. The second kappa shape index (κ2) is 7.77. The van der Waals surface area contributed by atoms with Crippen LogP contribution in [0.3, 0.4) is 0 Å². The summed E-state index contributed by atoms with van der Waals surface area (Å²) in [5.74, 6) is 1.61. The predicted octanol–water partition coefficient (Wildman–Crippen LogP) is 3.54. The minimum atomic E-state index is -0.337. The first-order chi connectivity index (χ1) is 12.4. The van der Waals surface area contributed by atoms with Gasteiger partial charge in [0.05, 0.1) is 0 Å². The molecule has 0 aliphatic carbocycles. The van der Waals surface area contributed by atoms with Gasteiger partial charge >= 0.3 is 5.97 Å². The molecule has 0 N–H and O–H groups in total. The molecule has 0 amide bonds. The molecule has 0 atom stereocenters. The maximum absolute atomic E-state index is 11.8. The van der Waals surface area contributed by atoms with Crippen LogP contribution < -0.4 is 0 Å². The highest BCUT2D eigenvalue weighted by Gasteiger charge is 2.21. The molecule has 0 saturated carbocycles. The summed E-state index contributed by atoms with van der Waals surface area (Å²) < 4.78 is 15.4. The number of aromatic nitrogens is 4. The molecule has 9 heteroatoms. The maximum atomic E-state index is 11.8. The van der Waals surface area contributed by atoms with E-state index >= 15 is 0 Å². The average Bonchev–Trinajstić information content (AvgIpc) is 3.32. The van der Waals surface area contributed by atoms with E-state index in [0.717, 1.165) is 5.56 Å². The SMILES string of the molecule is CC(C)(C)c1noc(CCCC(=O)OCc2nc(-c3ccsc3)no2)n1. The highest BCUT2D eigenvalue weighted by molar-refractivity contribution is 7.08. The van der Waals surface area contributed by atoms with Crippen molar-refractivity contribution in [2.75, 3.05) is 0 Å². The van der Waals surface area contributed by atoms with Gasteiger partial charge in [-0.25, -0.2) is 0 Å². The molecule has 0 bridgehead atoms. The van der Waals surface area contributed by atoms with E-state index < -0.39 is 0 Å². The number of nitrogens with zero attached hydrogens (tertiary/aromatic N) is 4. The number of esters is 1. The lowest BCUT2D eigenvalue weighted by atomic mass is 9.96. The van der Waals surface area contributed by atoms with Gasteiger partial charge in [0.1, 0.15) is 0 Å². The van der Waals surface area contributed by atoms with Crippen LogP contribution in [0.4, 0.5) is 0 Å². The van der Waals surface area contributed by atoms with Crippen LogP contribution in [0.25, 0.3) is 11.4 Å². The van der Waals surface area contributed by atoms with Crippen LogP contribution in [-0.4, -0.2) is 26.3 Å². The summed E-state index contributed by atoms with van der Waals surface area (Å²) in [5.41, 5.74) is 0.720. The first-order valence-corrected chi connectivity index (χ1v) is 9.20. The lowest BCUT2D eigenvalue weighted by Gasteiger charge is -2.10. The molecule has 0 aliphatic rings.